The number of aryl methyl sites for hydroxylation is 1. The van der Waals surface area contributed by atoms with E-state index >= 15 is 0 Å². The van der Waals surface area contributed by atoms with Crippen LogP contribution in [0.3, 0.4) is 0 Å². The molecule has 3 atom stereocenters. The van der Waals surface area contributed by atoms with Gasteiger partial charge >= 0.3 is 0 Å². The summed E-state index contributed by atoms with van der Waals surface area (Å²) >= 11 is 2.03. The molecule has 1 N–H and O–H groups in total. The number of aromatic nitrogens is 2. The van der Waals surface area contributed by atoms with E-state index in [1.54, 1.807) is 0 Å². The van der Waals surface area contributed by atoms with Crippen LogP contribution >= 0.6 is 11.8 Å². The molecular formula is C17H29N3OS. The van der Waals surface area contributed by atoms with Crippen molar-refractivity contribution in [3.05, 3.63) is 18.2 Å². The second-order valence-corrected chi connectivity index (χ2v) is 7.85. The third-order valence-corrected chi connectivity index (χ3v) is 6.34. The van der Waals surface area contributed by atoms with Crippen LogP contribution in [0.2, 0.25) is 0 Å². The van der Waals surface area contributed by atoms with Crippen LogP contribution in [0.15, 0.2) is 12.4 Å². The Balaban J connectivity index is 1.72. The molecule has 1 aliphatic carbocycles. The molecule has 5 heteroatoms. The molecule has 0 unspecified atom stereocenters. The van der Waals surface area contributed by atoms with Gasteiger partial charge in [-0.15, -0.1) is 0 Å². The summed E-state index contributed by atoms with van der Waals surface area (Å²) in [5.41, 5.74) is 0. The minimum atomic E-state index is 0.370. The first kappa shape index (κ1) is 16.3. The molecule has 124 valence electrons. The molecule has 0 spiro atoms. The third-order valence-electron chi connectivity index (χ3n) is 5.25. The number of nitrogens with one attached hydrogen (secondary N) is 1. The van der Waals surface area contributed by atoms with Crippen molar-refractivity contribution in [2.45, 2.75) is 55.9 Å². The molecule has 4 nitrogen and oxygen atoms in total. The Labute approximate surface area is 138 Å². The molecule has 2 aliphatic rings. The summed E-state index contributed by atoms with van der Waals surface area (Å²) in [5, 5.41) is 4.80. The highest BCUT2D eigenvalue weighted by Gasteiger charge is 2.31. The van der Waals surface area contributed by atoms with Crippen molar-refractivity contribution in [2.24, 2.45) is 13.0 Å². The van der Waals surface area contributed by atoms with Gasteiger partial charge in [-0.25, -0.2) is 4.98 Å². The van der Waals surface area contributed by atoms with E-state index in [0.29, 0.717) is 18.0 Å². The van der Waals surface area contributed by atoms with Gasteiger partial charge in [0.1, 0.15) is 5.82 Å². The summed E-state index contributed by atoms with van der Waals surface area (Å²) in [6.07, 6.45) is 13.9. The molecule has 1 saturated heterocycles. The second kappa shape index (κ2) is 7.84. The van der Waals surface area contributed by atoms with Crippen LogP contribution in [0, 0.1) is 5.92 Å². The van der Waals surface area contributed by atoms with Crippen LogP contribution in [0.5, 0.6) is 0 Å². The minimum Gasteiger partial charge on any atom is -0.381 e. The molecule has 0 amide bonds. The van der Waals surface area contributed by atoms with Gasteiger partial charge < -0.3 is 14.6 Å². The molecule has 2 fully saturated rings. The van der Waals surface area contributed by atoms with Gasteiger partial charge in [0.15, 0.2) is 0 Å². The topological polar surface area (TPSA) is 39.1 Å². The van der Waals surface area contributed by atoms with Gasteiger partial charge in [-0.3, -0.25) is 0 Å². The van der Waals surface area contributed by atoms with E-state index < -0.39 is 0 Å². The monoisotopic (exact) mass is 323 g/mol. The van der Waals surface area contributed by atoms with E-state index in [4.69, 9.17) is 4.74 Å². The fourth-order valence-electron chi connectivity index (χ4n) is 3.91. The molecule has 0 radical (unpaired) electrons. The van der Waals surface area contributed by atoms with E-state index in [9.17, 15) is 0 Å². The largest absolute Gasteiger partial charge is 0.381 e. The first-order valence-corrected chi connectivity index (χ1v) is 9.90. The number of ether oxygens (including phenoxy) is 1. The first-order chi connectivity index (χ1) is 10.8. The van der Waals surface area contributed by atoms with Gasteiger partial charge in [0, 0.05) is 43.9 Å². The van der Waals surface area contributed by atoms with Crippen LogP contribution in [0.25, 0.3) is 0 Å². The van der Waals surface area contributed by atoms with Crippen LogP contribution in [0.1, 0.15) is 50.4 Å². The first-order valence-electron chi connectivity index (χ1n) is 8.61. The van der Waals surface area contributed by atoms with Crippen molar-refractivity contribution < 1.29 is 4.74 Å². The molecule has 1 saturated carbocycles. The third kappa shape index (κ3) is 3.87. The van der Waals surface area contributed by atoms with Crippen LogP contribution < -0.4 is 5.32 Å². The molecule has 22 heavy (non-hydrogen) atoms. The lowest BCUT2D eigenvalue weighted by Crippen LogP contribution is -2.42. The molecule has 1 aromatic rings. The highest BCUT2D eigenvalue weighted by molar-refractivity contribution is 7.99. The van der Waals surface area contributed by atoms with Crippen molar-refractivity contribution in [3.63, 3.8) is 0 Å². The van der Waals surface area contributed by atoms with Crippen LogP contribution in [-0.2, 0) is 11.8 Å². The second-order valence-electron chi connectivity index (χ2n) is 6.71. The van der Waals surface area contributed by atoms with Gasteiger partial charge in [-0.1, -0.05) is 6.42 Å². The summed E-state index contributed by atoms with van der Waals surface area (Å²) in [4.78, 5) is 4.65. The summed E-state index contributed by atoms with van der Waals surface area (Å²) in [7, 11) is 2.11. The zero-order valence-corrected chi connectivity index (χ0v) is 14.6. The number of hydrogen-bond donors (Lipinski definition) is 1. The van der Waals surface area contributed by atoms with E-state index in [1.165, 1.54) is 31.5 Å². The van der Waals surface area contributed by atoms with E-state index in [1.807, 2.05) is 18.0 Å². The molecule has 2 heterocycles. The predicted octanol–water partition coefficient (Wildman–Crippen LogP) is 3.15. The zero-order valence-electron chi connectivity index (χ0n) is 13.8. The summed E-state index contributed by atoms with van der Waals surface area (Å²) in [6, 6.07) is 1.00. The van der Waals surface area contributed by atoms with Gasteiger partial charge in [-0.05, 0) is 44.3 Å². The van der Waals surface area contributed by atoms with Crippen LogP contribution in [0.4, 0.5) is 0 Å². The van der Waals surface area contributed by atoms with Crippen molar-refractivity contribution in [1.29, 1.82) is 0 Å². The smallest absolute Gasteiger partial charge is 0.125 e. The molecule has 0 aromatic carbocycles. The normalized spacial score (nSPS) is 28.6. The fraction of sp³-hybridized carbons (Fsp3) is 0.824. The Morgan fingerprint density at radius 3 is 2.82 bits per heavy atom. The number of rotatable bonds is 5. The summed E-state index contributed by atoms with van der Waals surface area (Å²) < 4.78 is 7.75. The highest BCUT2D eigenvalue weighted by atomic mass is 32.2. The number of hydrogen-bond acceptors (Lipinski definition) is 4. The molecule has 0 bridgehead atoms. The maximum Gasteiger partial charge on any atom is 0.125 e. The quantitative estimate of drug-likeness (QED) is 0.903. The standard InChI is InChI=1S/C17H29N3OS/c1-20-9-8-18-17(20)16(13-6-10-21-11-7-13)19-14-4-3-5-15(12-14)22-2/h8-9,13-16,19H,3-7,10-12H2,1-2H3/t14-,15-,16-/m1/s1. The Hall–Kier alpha value is -0.520. The van der Waals surface area contributed by atoms with Crippen LogP contribution in [-0.4, -0.2) is 40.3 Å². The number of imidazole rings is 1. The van der Waals surface area contributed by atoms with Gasteiger partial charge in [0.25, 0.3) is 0 Å². The highest BCUT2D eigenvalue weighted by Crippen LogP contribution is 2.33. The number of nitrogens with zero attached hydrogens (tertiary/aromatic N) is 2. The lowest BCUT2D eigenvalue weighted by Gasteiger charge is -2.36. The minimum absolute atomic E-state index is 0.370. The average molecular weight is 324 g/mol. The summed E-state index contributed by atoms with van der Waals surface area (Å²) in [6.45, 7) is 1.79. The van der Waals surface area contributed by atoms with Crippen molar-refractivity contribution in [2.75, 3.05) is 19.5 Å². The molecule has 1 aliphatic heterocycles. The SMILES string of the molecule is CS[C@@H]1CCC[C@@H](N[C@@H](c2nccn2C)C2CCOCC2)C1. The van der Waals surface area contributed by atoms with Gasteiger partial charge in [-0.2, -0.15) is 11.8 Å². The zero-order chi connectivity index (χ0) is 15.4. The number of thioether (sulfide) groups is 1. The van der Waals surface area contributed by atoms with Crippen molar-refractivity contribution in [3.8, 4) is 0 Å². The van der Waals surface area contributed by atoms with Gasteiger partial charge in [0.2, 0.25) is 0 Å². The van der Waals surface area contributed by atoms with Crippen molar-refractivity contribution >= 4 is 11.8 Å². The van der Waals surface area contributed by atoms with E-state index in [0.717, 1.165) is 31.3 Å². The van der Waals surface area contributed by atoms with Crippen molar-refractivity contribution in [1.82, 2.24) is 14.9 Å². The Morgan fingerprint density at radius 2 is 2.14 bits per heavy atom. The molecule has 1 aromatic heterocycles. The lowest BCUT2D eigenvalue weighted by atomic mass is 9.88. The lowest BCUT2D eigenvalue weighted by molar-refractivity contribution is 0.0493. The Kier molecular flexibility index (Phi) is 5.83. The summed E-state index contributed by atoms with van der Waals surface area (Å²) in [5.74, 6) is 1.84. The maximum atomic E-state index is 5.56. The average Bonchev–Trinajstić information content (AvgIpc) is 2.99. The van der Waals surface area contributed by atoms with E-state index in [2.05, 4.69) is 34.4 Å². The Bertz CT molecular complexity index is 459. The Morgan fingerprint density at radius 1 is 1.32 bits per heavy atom. The fourth-order valence-corrected chi connectivity index (χ4v) is 4.74. The molecular weight excluding hydrogens is 294 g/mol. The molecule has 3 rings (SSSR count). The maximum absolute atomic E-state index is 5.56. The predicted molar refractivity (Wildman–Crippen MR) is 92.2 cm³/mol. The van der Waals surface area contributed by atoms with E-state index in [-0.39, 0.29) is 0 Å². The van der Waals surface area contributed by atoms with Gasteiger partial charge in [0.05, 0.1) is 6.04 Å².